The zero-order valence-electron chi connectivity index (χ0n) is 8.86. The summed E-state index contributed by atoms with van der Waals surface area (Å²) in [5.74, 6) is 0.146. The summed E-state index contributed by atoms with van der Waals surface area (Å²) in [6.07, 6.45) is 0.733. The molecule has 0 amide bonds. The third-order valence-corrected chi connectivity index (χ3v) is 2.98. The fraction of sp³-hybridized carbons (Fsp3) is 0.167. The van der Waals surface area contributed by atoms with Crippen molar-refractivity contribution < 1.29 is 13.9 Å². The Kier molecular flexibility index (Phi) is 3.81. The minimum Gasteiger partial charge on any atom is -0.467 e. The molecule has 0 saturated carbocycles. The van der Waals surface area contributed by atoms with Crippen molar-refractivity contribution >= 4 is 21.6 Å². The van der Waals surface area contributed by atoms with Gasteiger partial charge in [0.25, 0.3) is 0 Å². The van der Waals surface area contributed by atoms with E-state index >= 15 is 0 Å². The van der Waals surface area contributed by atoms with Crippen LogP contribution >= 0.6 is 15.9 Å². The molecule has 0 bridgehead atoms. The molecule has 1 unspecified atom stereocenters. The lowest BCUT2D eigenvalue weighted by atomic mass is 10.2. The van der Waals surface area contributed by atoms with Crippen molar-refractivity contribution in [3.8, 4) is 0 Å². The highest BCUT2D eigenvalue weighted by Gasteiger charge is 2.10. The van der Waals surface area contributed by atoms with Crippen LogP contribution in [-0.4, -0.2) is 11.7 Å². The van der Waals surface area contributed by atoms with Gasteiger partial charge in [-0.15, -0.1) is 0 Å². The van der Waals surface area contributed by atoms with E-state index in [4.69, 9.17) is 4.42 Å². The summed E-state index contributed by atoms with van der Waals surface area (Å²) in [5, 5.41) is 12.7. The first-order valence-corrected chi connectivity index (χ1v) is 5.86. The predicted molar refractivity (Wildman–Crippen MR) is 66.3 cm³/mol. The molecule has 0 fully saturated rings. The summed E-state index contributed by atoms with van der Waals surface area (Å²) in [4.78, 5) is 0. The van der Waals surface area contributed by atoms with Crippen LogP contribution in [0, 0.1) is 5.82 Å². The SMILES string of the molecule is OC(CNc1cc(F)ccc1Br)c1ccco1. The smallest absolute Gasteiger partial charge is 0.134 e. The molecule has 1 aromatic carbocycles. The molecule has 17 heavy (non-hydrogen) atoms. The van der Waals surface area contributed by atoms with Crippen molar-refractivity contribution in [3.05, 3.63) is 52.6 Å². The van der Waals surface area contributed by atoms with Gasteiger partial charge in [0.15, 0.2) is 0 Å². The van der Waals surface area contributed by atoms with Crippen LogP contribution in [0.5, 0.6) is 0 Å². The van der Waals surface area contributed by atoms with Crippen molar-refractivity contribution in [1.29, 1.82) is 0 Å². The van der Waals surface area contributed by atoms with Gasteiger partial charge in [-0.05, 0) is 46.3 Å². The summed E-state index contributed by atoms with van der Waals surface area (Å²) in [6, 6.07) is 7.72. The van der Waals surface area contributed by atoms with E-state index in [2.05, 4.69) is 21.2 Å². The van der Waals surface area contributed by atoms with E-state index in [0.29, 0.717) is 11.4 Å². The zero-order valence-corrected chi connectivity index (χ0v) is 10.4. The Hall–Kier alpha value is -1.33. The van der Waals surface area contributed by atoms with E-state index in [9.17, 15) is 9.50 Å². The normalized spacial score (nSPS) is 12.4. The molecule has 2 aromatic rings. The highest BCUT2D eigenvalue weighted by atomic mass is 79.9. The Morgan fingerprint density at radius 1 is 1.41 bits per heavy atom. The number of anilines is 1. The van der Waals surface area contributed by atoms with Crippen LogP contribution in [0.15, 0.2) is 45.5 Å². The Bertz CT molecular complexity index is 487. The van der Waals surface area contributed by atoms with Crippen LogP contribution < -0.4 is 5.32 Å². The lowest BCUT2D eigenvalue weighted by molar-refractivity contribution is 0.162. The maximum absolute atomic E-state index is 13.0. The molecule has 1 aromatic heterocycles. The number of aliphatic hydroxyl groups is 1. The maximum atomic E-state index is 13.0. The van der Waals surface area contributed by atoms with Gasteiger partial charge in [-0.2, -0.15) is 0 Å². The highest BCUT2D eigenvalue weighted by Crippen LogP contribution is 2.24. The van der Waals surface area contributed by atoms with E-state index in [1.807, 2.05) is 0 Å². The van der Waals surface area contributed by atoms with Crippen molar-refractivity contribution in [3.63, 3.8) is 0 Å². The zero-order chi connectivity index (χ0) is 12.3. The summed E-state index contributed by atoms with van der Waals surface area (Å²) in [7, 11) is 0. The minimum absolute atomic E-state index is 0.246. The van der Waals surface area contributed by atoms with E-state index in [1.165, 1.54) is 18.4 Å². The average molecular weight is 300 g/mol. The molecule has 2 N–H and O–H groups in total. The van der Waals surface area contributed by atoms with E-state index in [1.54, 1.807) is 18.2 Å². The fourth-order valence-electron chi connectivity index (χ4n) is 1.42. The molecule has 0 spiro atoms. The molecular weight excluding hydrogens is 289 g/mol. The van der Waals surface area contributed by atoms with Crippen molar-refractivity contribution in [2.24, 2.45) is 0 Å². The van der Waals surface area contributed by atoms with Gasteiger partial charge in [-0.3, -0.25) is 0 Å². The molecule has 0 aliphatic heterocycles. The van der Waals surface area contributed by atoms with Gasteiger partial charge >= 0.3 is 0 Å². The Morgan fingerprint density at radius 3 is 2.94 bits per heavy atom. The number of aliphatic hydroxyl groups excluding tert-OH is 1. The van der Waals surface area contributed by atoms with E-state index in [0.717, 1.165) is 4.47 Å². The number of nitrogens with one attached hydrogen (secondary N) is 1. The molecule has 5 heteroatoms. The first kappa shape index (κ1) is 12.1. The van der Waals surface area contributed by atoms with Crippen molar-refractivity contribution in [2.75, 3.05) is 11.9 Å². The third-order valence-electron chi connectivity index (χ3n) is 2.29. The summed E-state index contributed by atoms with van der Waals surface area (Å²) >= 11 is 3.30. The van der Waals surface area contributed by atoms with Gasteiger partial charge in [0, 0.05) is 11.0 Å². The number of rotatable bonds is 4. The van der Waals surface area contributed by atoms with Gasteiger partial charge in [-0.25, -0.2) is 4.39 Å². The Balaban J connectivity index is 2.00. The highest BCUT2D eigenvalue weighted by molar-refractivity contribution is 9.10. The lowest BCUT2D eigenvalue weighted by Crippen LogP contribution is -2.11. The number of furan rings is 1. The average Bonchev–Trinajstić information content (AvgIpc) is 2.83. The monoisotopic (exact) mass is 299 g/mol. The number of benzene rings is 1. The maximum Gasteiger partial charge on any atom is 0.134 e. The summed E-state index contributed by atoms with van der Waals surface area (Å²) in [5.41, 5.74) is 0.593. The van der Waals surface area contributed by atoms with Gasteiger partial charge in [-0.1, -0.05) is 0 Å². The number of hydrogen-bond donors (Lipinski definition) is 2. The topological polar surface area (TPSA) is 45.4 Å². The molecule has 1 atom stereocenters. The van der Waals surface area contributed by atoms with E-state index < -0.39 is 6.10 Å². The van der Waals surface area contributed by atoms with E-state index in [-0.39, 0.29) is 12.4 Å². The largest absolute Gasteiger partial charge is 0.467 e. The second-order valence-corrected chi connectivity index (χ2v) is 4.39. The second-order valence-electron chi connectivity index (χ2n) is 3.54. The molecule has 1 heterocycles. The van der Waals surface area contributed by atoms with Crippen molar-refractivity contribution in [1.82, 2.24) is 0 Å². The first-order valence-electron chi connectivity index (χ1n) is 5.07. The second kappa shape index (κ2) is 5.33. The van der Waals surface area contributed by atoms with Crippen molar-refractivity contribution in [2.45, 2.75) is 6.10 Å². The van der Waals surface area contributed by atoms with Gasteiger partial charge in [0.1, 0.15) is 17.7 Å². The standard InChI is InChI=1S/C12H11BrFNO2/c13-9-4-3-8(14)6-10(9)15-7-11(16)12-2-1-5-17-12/h1-6,11,15-16H,7H2. The molecule has 0 aliphatic rings. The first-order chi connectivity index (χ1) is 8.16. The van der Waals surface area contributed by atoms with Crippen LogP contribution in [-0.2, 0) is 0 Å². The van der Waals surface area contributed by atoms with Gasteiger partial charge < -0.3 is 14.8 Å². The number of hydrogen-bond acceptors (Lipinski definition) is 3. The van der Waals surface area contributed by atoms with Gasteiger partial charge in [0.05, 0.1) is 12.0 Å². The Labute approximate surface area is 106 Å². The van der Waals surface area contributed by atoms with Gasteiger partial charge in [0.2, 0.25) is 0 Å². The molecule has 3 nitrogen and oxygen atoms in total. The van der Waals surface area contributed by atoms with Crippen LogP contribution in [0.25, 0.3) is 0 Å². The lowest BCUT2D eigenvalue weighted by Gasteiger charge is -2.12. The van der Waals surface area contributed by atoms with Crippen LogP contribution in [0.2, 0.25) is 0 Å². The fourth-order valence-corrected chi connectivity index (χ4v) is 1.81. The molecular formula is C12H11BrFNO2. The molecule has 2 rings (SSSR count). The van der Waals surface area contributed by atoms with Crippen LogP contribution in [0.4, 0.5) is 10.1 Å². The summed E-state index contributed by atoms with van der Waals surface area (Å²) in [6.45, 7) is 0.246. The van der Waals surface area contributed by atoms with Crippen LogP contribution in [0.3, 0.4) is 0 Å². The third kappa shape index (κ3) is 3.08. The molecule has 0 radical (unpaired) electrons. The molecule has 0 aliphatic carbocycles. The number of halogens is 2. The summed E-state index contributed by atoms with van der Waals surface area (Å²) < 4.78 is 18.8. The molecule has 90 valence electrons. The van der Waals surface area contributed by atoms with Crippen LogP contribution in [0.1, 0.15) is 11.9 Å². The quantitative estimate of drug-likeness (QED) is 0.910. The Morgan fingerprint density at radius 2 is 2.24 bits per heavy atom. The minimum atomic E-state index is -0.764. The predicted octanol–water partition coefficient (Wildman–Crippen LogP) is 3.33. The molecule has 0 saturated heterocycles.